The summed E-state index contributed by atoms with van der Waals surface area (Å²) in [5, 5.41) is 5.65. The van der Waals surface area contributed by atoms with Gasteiger partial charge in [-0.25, -0.2) is 4.39 Å². The molecule has 0 saturated heterocycles. The van der Waals surface area contributed by atoms with E-state index in [1.807, 2.05) is 6.92 Å². The van der Waals surface area contributed by atoms with Crippen LogP contribution >= 0.6 is 0 Å². The number of hydrogen-bond donors (Lipinski definition) is 2. The van der Waals surface area contributed by atoms with Gasteiger partial charge in [-0.1, -0.05) is 17.7 Å². The molecule has 0 spiro atoms. The maximum Gasteiger partial charge on any atom is 0.262 e. The second kappa shape index (κ2) is 6.59. The zero-order valence-corrected chi connectivity index (χ0v) is 14.8. The molecule has 0 fully saturated rings. The predicted molar refractivity (Wildman–Crippen MR) is 97.0 cm³/mol. The Morgan fingerprint density at radius 1 is 1.19 bits per heavy atom. The Labute approximate surface area is 155 Å². The molecule has 0 aromatic heterocycles. The van der Waals surface area contributed by atoms with Gasteiger partial charge in [-0.3, -0.25) is 19.3 Å². The number of nitrogens with zero attached hydrogens (tertiary/aromatic N) is 1. The molecule has 6 nitrogen and oxygen atoms in total. The van der Waals surface area contributed by atoms with Crippen LogP contribution in [0.15, 0.2) is 30.3 Å². The lowest BCUT2D eigenvalue weighted by molar-refractivity contribution is -0.116. The van der Waals surface area contributed by atoms with E-state index in [-0.39, 0.29) is 11.3 Å². The van der Waals surface area contributed by atoms with Crippen LogP contribution < -0.4 is 10.6 Å². The van der Waals surface area contributed by atoms with Gasteiger partial charge in [0.1, 0.15) is 12.4 Å². The fourth-order valence-corrected chi connectivity index (χ4v) is 3.51. The van der Waals surface area contributed by atoms with Crippen LogP contribution in [0, 0.1) is 12.7 Å². The molecule has 2 aromatic rings. The Morgan fingerprint density at radius 2 is 1.96 bits per heavy atom. The third-order valence-electron chi connectivity index (χ3n) is 4.91. The summed E-state index contributed by atoms with van der Waals surface area (Å²) in [5.41, 5.74) is 2.95. The van der Waals surface area contributed by atoms with Crippen molar-refractivity contribution in [1.82, 2.24) is 10.2 Å². The Bertz CT molecular complexity index is 987. The van der Waals surface area contributed by atoms with Crippen molar-refractivity contribution in [3.05, 3.63) is 64.0 Å². The van der Waals surface area contributed by atoms with Crippen molar-refractivity contribution < 1.29 is 18.8 Å². The maximum absolute atomic E-state index is 14.7. The Balaban J connectivity index is 1.51. The number of carbonyl (C=O) groups excluding carboxylic acids is 3. The molecule has 3 amide bonds. The van der Waals surface area contributed by atoms with Gasteiger partial charge < -0.3 is 10.6 Å². The zero-order chi connectivity index (χ0) is 19.1. The van der Waals surface area contributed by atoms with Crippen molar-refractivity contribution in [1.29, 1.82) is 0 Å². The number of hydrogen-bond acceptors (Lipinski definition) is 4. The van der Waals surface area contributed by atoms with Crippen LogP contribution in [0.5, 0.6) is 0 Å². The van der Waals surface area contributed by atoms with Crippen LogP contribution in [0.2, 0.25) is 0 Å². The van der Waals surface area contributed by atoms with Gasteiger partial charge in [0.15, 0.2) is 0 Å². The summed E-state index contributed by atoms with van der Waals surface area (Å²) in [7, 11) is 0. The minimum atomic E-state index is -0.617. The van der Waals surface area contributed by atoms with Gasteiger partial charge in [0, 0.05) is 6.54 Å². The molecule has 0 atom stereocenters. The number of rotatable bonds is 3. The third kappa shape index (κ3) is 3.00. The molecule has 2 heterocycles. The number of amides is 3. The monoisotopic (exact) mass is 367 g/mol. The smallest absolute Gasteiger partial charge is 0.262 e. The highest BCUT2D eigenvalue weighted by molar-refractivity contribution is 6.22. The number of anilines is 1. The Kier molecular flexibility index (Phi) is 4.24. The molecule has 2 N–H and O–H groups in total. The van der Waals surface area contributed by atoms with E-state index < -0.39 is 30.1 Å². The molecule has 7 heteroatoms. The fourth-order valence-electron chi connectivity index (χ4n) is 3.51. The molecule has 0 radical (unpaired) electrons. The van der Waals surface area contributed by atoms with Gasteiger partial charge in [0.2, 0.25) is 5.91 Å². The number of halogens is 1. The number of fused-ring (bicyclic) bond motifs is 2. The summed E-state index contributed by atoms with van der Waals surface area (Å²) >= 11 is 0. The first-order valence-corrected chi connectivity index (χ1v) is 8.73. The summed E-state index contributed by atoms with van der Waals surface area (Å²) in [6.45, 7) is 2.63. The van der Waals surface area contributed by atoms with Crippen LogP contribution in [0.3, 0.4) is 0 Å². The molecular formula is C20H18FN3O3. The summed E-state index contributed by atoms with van der Waals surface area (Å²) in [6, 6.07) is 8.23. The molecule has 0 bridgehead atoms. The number of aryl methyl sites for hydroxylation is 1. The number of carbonyl (C=O) groups is 3. The van der Waals surface area contributed by atoms with E-state index in [0.29, 0.717) is 30.6 Å². The van der Waals surface area contributed by atoms with Gasteiger partial charge in [0.25, 0.3) is 11.8 Å². The molecule has 0 aliphatic carbocycles. The van der Waals surface area contributed by atoms with Crippen LogP contribution in [0.4, 0.5) is 10.1 Å². The normalized spacial score (nSPS) is 15.6. The highest BCUT2D eigenvalue weighted by Crippen LogP contribution is 2.26. The van der Waals surface area contributed by atoms with E-state index in [9.17, 15) is 18.8 Å². The summed E-state index contributed by atoms with van der Waals surface area (Å²) in [4.78, 5) is 38.1. The molecule has 27 heavy (non-hydrogen) atoms. The quantitative estimate of drug-likeness (QED) is 0.814. The highest BCUT2D eigenvalue weighted by Gasteiger charge is 2.36. The lowest BCUT2D eigenvalue weighted by Gasteiger charge is -2.20. The summed E-state index contributed by atoms with van der Waals surface area (Å²) in [5.74, 6) is -2.10. The minimum absolute atomic E-state index is 0.0631. The van der Waals surface area contributed by atoms with Crippen molar-refractivity contribution in [3.8, 4) is 0 Å². The number of nitrogens with one attached hydrogen (secondary N) is 2. The van der Waals surface area contributed by atoms with Crippen molar-refractivity contribution in [2.75, 3.05) is 18.4 Å². The largest absolute Gasteiger partial charge is 0.322 e. The summed E-state index contributed by atoms with van der Waals surface area (Å²) < 4.78 is 14.7. The van der Waals surface area contributed by atoms with E-state index >= 15 is 0 Å². The van der Waals surface area contributed by atoms with Crippen molar-refractivity contribution >= 4 is 23.4 Å². The predicted octanol–water partition coefficient (Wildman–Crippen LogP) is 2.01. The zero-order valence-electron chi connectivity index (χ0n) is 14.8. The summed E-state index contributed by atoms with van der Waals surface area (Å²) in [6.07, 6.45) is 0.544. The second-order valence-corrected chi connectivity index (χ2v) is 6.79. The van der Waals surface area contributed by atoms with Crippen LogP contribution in [0.25, 0.3) is 0 Å². The van der Waals surface area contributed by atoms with Gasteiger partial charge in [0.05, 0.1) is 16.8 Å². The van der Waals surface area contributed by atoms with Crippen LogP contribution in [-0.2, 0) is 17.8 Å². The number of imide groups is 1. The van der Waals surface area contributed by atoms with Crippen molar-refractivity contribution in [3.63, 3.8) is 0 Å². The Morgan fingerprint density at radius 3 is 2.78 bits per heavy atom. The van der Waals surface area contributed by atoms with Gasteiger partial charge >= 0.3 is 0 Å². The lowest BCUT2D eigenvalue weighted by Crippen LogP contribution is -2.37. The second-order valence-electron chi connectivity index (χ2n) is 6.79. The van der Waals surface area contributed by atoms with E-state index in [1.54, 1.807) is 24.3 Å². The van der Waals surface area contributed by atoms with Crippen LogP contribution in [-0.4, -0.2) is 35.7 Å². The molecule has 2 aliphatic heterocycles. The van der Waals surface area contributed by atoms with E-state index in [2.05, 4.69) is 10.6 Å². The fraction of sp³-hybridized carbons (Fsp3) is 0.250. The van der Waals surface area contributed by atoms with E-state index in [0.717, 1.165) is 16.0 Å². The molecule has 4 rings (SSSR count). The first-order valence-electron chi connectivity index (χ1n) is 8.73. The highest BCUT2D eigenvalue weighted by atomic mass is 19.1. The first kappa shape index (κ1) is 17.4. The van der Waals surface area contributed by atoms with E-state index in [1.165, 1.54) is 6.07 Å². The average Bonchev–Trinajstić information content (AvgIpc) is 2.88. The van der Waals surface area contributed by atoms with Gasteiger partial charge in [-0.2, -0.15) is 0 Å². The molecule has 0 saturated carbocycles. The molecular weight excluding hydrogens is 349 g/mol. The van der Waals surface area contributed by atoms with Gasteiger partial charge in [-0.15, -0.1) is 0 Å². The van der Waals surface area contributed by atoms with Crippen LogP contribution in [0.1, 0.15) is 37.4 Å². The van der Waals surface area contributed by atoms with Crippen molar-refractivity contribution in [2.24, 2.45) is 0 Å². The molecule has 2 aliphatic rings. The minimum Gasteiger partial charge on any atom is -0.322 e. The standard InChI is InChI=1S/C20H18FN3O3/c1-11-2-4-14-15(8-11)20(27)24(19(14)26)10-17(25)23-16-5-3-12-9-22-7-6-13(12)18(16)21/h2-5,8,22H,6-7,9-10H2,1H3,(H,23,25). The van der Waals surface area contributed by atoms with Gasteiger partial charge in [-0.05, 0) is 49.2 Å². The molecule has 2 aromatic carbocycles. The Hall–Kier alpha value is -3.06. The molecule has 138 valence electrons. The van der Waals surface area contributed by atoms with E-state index in [4.69, 9.17) is 0 Å². The molecule has 0 unspecified atom stereocenters. The maximum atomic E-state index is 14.7. The average molecular weight is 367 g/mol. The first-order chi connectivity index (χ1) is 13.0. The topological polar surface area (TPSA) is 78.5 Å². The SMILES string of the molecule is Cc1ccc2c(c1)C(=O)N(CC(=O)Nc1ccc3c(c1F)CCNC3)C2=O. The third-order valence-corrected chi connectivity index (χ3v) is 4.91. The van der Waals surface area contributed by atoms with Crippen molar-refractivity contribution in [2.45, 2.75) is 19.9 Å². The lowest BCUT2D eigenvalue weighted by atomic mass is 9.99. The number of benzene rings is 2.